The second kappa shape index (κ2) is 12.5. The van der Waals surface area contributed by atoms with Crippen LogP contribution in [0.1, 0.15) is 42.1 Å². The summed E-state index contributed by atoms with van der Waals surface area (Å²) in [6.45, 7) is 5.09. The van der Waals surface area contributed by atoms with Crippen molar-refractivity contribution in [2.75, 3.05) is 32.8 Å². The molecule has 1 saturated heterocycles. The van der Waals surface area contributed by atoms with Crippen molar-refractivity contribution in [2.24, 2.45) is 0 Å². The third kappa shape index (κ3) is 6.77. The highest BCUT2D eigenvalue weighted by molar-refractivity contribution is 5.29. The second-order valence-corrected chi connectivity index (χ2v) is 8.70. The SMILES string of the molecule is c1ccc(CCCNC[C@@H]2CCCN2CCOC(c2ccccc2)c2ccccc2)cc1. The van der Waals surface area contributed by atoms with E-state index in [0.717, 1.165) is 32.7 Å². The number of hydrogen-bond donors (Lipinski definition) is 1. The first-order chi connectivity index (χ1) is 15.9. The first kappa shape index (κ1) is 22.7. The number of nitrogens with one attached hydrogen (secondary N) is 1. The average molecular weight is 429 g/mol. The number of nitrogens with zero attached hydrogens (tertiary/aromatic N) is 1. The number of hydrogen-bond acceptors (Lipinski definition) is 3. The lowest BCUT2D eigenvalue weighted by Crippen LogP contribution is -2.40. The van der Waals surface area contributed by atoms with Crippen LogP contribution in [-0.4, -0.2) is 43.7 Å². The van der Waals surface area contributed by atoms with E-state index in [1.165, 1.54) is 42.5 Å². The predicted molar refractivity (Wildman–Crippen MR) is 133 cm³/mol. The summed E-state index contributed by atoms with van der Waals surface area (Å²) >= 11 is 0. The lowest BCUT2D eigenvalue weighted by atomic mass is 10.0. The zero-order valence-electron chi connectivity index (χ0n) is 19.0. The van der Waals surface area contributed by atoms with E-state index in [-0.39, 0.29) is 6.10 Å². The number of ether oxygens (including phenoxy) is 1. The molecule has 1 atom stereocenters. The lowest BCUT2D eigenvalue weighted by molar-refractivity contribution is 0.0571. The van der Waals surface area contributed by atoms with E-state index in [4.69, 9.17) is 4.74 Å². The maximum absolute atomic E-state index is 6.45. The minimum absolute atomic E-state index is 0.00503. The maximum Gasteiger partial charge on any atom is 0.108 e. The molecule has 1 N–H and O–H groups in total. The summed E-state index contributed by atoms with van der Waals surface area (Å²) in [4.78, 5) is 2.61. The number of likely N-dealkylation sites (tertiary alicyclic amines) is 1. The van der Waals surface area contributed by atoms with E-state index in [2.05, 4.69) is 101 Å². The van der Waals surface area contributed by atoms with Gasteiger partial charge in [0.2, 0.25) is 0 Å². The van der Waals surface area contributed by atoms with Gasteiger partial charge in [-0.15, -0.1) is 0 Å². The van der Waals surface area contributed by atoms with Gasteiger partial charge in [-0.05, 0) is 55.5 Å². The lowest BCUT2D eigenvalue weighted by Gasteiger charge is -2.26. The molecule has 1 aliphatic rings. The van der Waals surface area contributed by atoms with Crippen molar-refractivity contribution in [1.29, 1.82) is 0 Å². The molecule has 1 aliphatic heterocycles. The molecule has 0 bridgehead atoms. The number of aryl methyl sites for hydroxylation is 1. The van der Waals surface area contributed by atoms with Gasteiger partial charge in [-0.1, -0.05) is 91.0 Å². The van der Waals surface area contributed by atoms with E-state index < -0.39 is 0 Å². The van der Waals surface area contributed by atoms with Gasteiger partial charge >= 0.3 is 0 Å². The molecule has 1 fully saturated rings. The van der Waals surface area contributed by atoms with Crippen molar-refractivity contribution in [3.63, 3.8) is 0 Å². The summed E-state index contributed by atoms with van der Waals surface area (Å²) in [6.07, 6.45) is 4.91. The van der Waals surface area contributed by atoms with E-state index in [0.29, 0.717) is 6.04 Å². The number of benzene rings is 3. The minimum atomic E-state index is -0.00503. The summed E-state index contributed by atoms with van der Waals surface area (Å²) in [5, 5.41) is 3.70. The highest BCUT2D eigenvalue weighted by Crippen LogP contribution is 2.26. The van der Waals surface area contributed by atoms with Crippen LogP contribution in [0.15, 0.2) is 91.0 Å². The van der Waals surface area contributed by atoms with Crippen molar-refractivity contribution in [2.45, 2.75) is 37.8 Å². The quantitative estimate of drug-likeness (QED) is 0.387. The summed E-state index contributed by atoms with van der Waals surface area (Å²) in [6, 6.07) is 32.5. The molecule has 4 rings (SSSR count). The molecule has 3 aromatic rings. The topological polar surface area (TPSA) is 24.5 Å². The van der Waals surface area contributed by atoms with Crippen LogP contribution in [-0.2, 0) is 11.2 Å². The van der Waals surface area contributed by atoms with E-state index in [1.807, 2.05) is 0 Å². The molecule has 32 heavy (non-hydrogen) atoms. The van der Waals surface area contributed by atoms with Crippen molar-refractivity contribution < 1.29 is 4.74 Å². The third-order valence-electron chi connectivity index (χ3n) is 6.41. The van der Waals surface area contributed by atoms with Crippen LogP contribution in [0.25, 0.3) is 0 Å². The van der Waals surface area contributed by atoms with Gasteiger partial charge in [0.05, 0.1) is 6.61 Å². The summed E-state index contributed by atoms with van der Waals surface area (Å²) < 4.78 is 6.45. The molecule has 3 heteroatoms. The highest BCUT2D eigenvalue weighted by atomic mass is 16.5. The maximum atomic E-state index is 6.45. The van der Waals surface area contributed by atoms with Gasteiger partial charge in [-0.3, -0.25) is 4.90 Å². The molecular formula is C29H36N2O. The van der Waals surface area contributed by atoms with Crippen LogP contribution in [0.2, 0.25) is 0 Å². The monoisotopic (exact) mass is 428 g/mol. The molecule has 0 spiro atoms. The largest absolute Gasteiger partial charge is 0.367 e. The molecule has 0 amide bonds. The van der Waals surface area contributed by atoms with Crippen molar-refractivity contribution in [3.05, 3.63) is 108 Å². The first-order valence-electron chi connectivity index (χ1n) is 12.1. The van der Waals surface area contributed by atoms with Gasteiger partial charge in [0.15, 0.2) is 0 Å². The molecule has 0 unspecified atom stereocenters. The fraction of sp³-hybridized carbons (Fsp3) is 0.379. The Morgan fingerprint density at radius 2 is 1.47 bits per heavy atom. The third-order valence-corrected chi connectivity index (χ3v) is 6.41. The number of rotatable bonds is 12. The molecule has 168 valence electrons. The second-order valence-electron chi connectivity index (χ2n) is 8.70. The van der Waals surface area contributed by atoms with Crippen molar-refractivity contribution in [1.82, 2.24) is 10.2 Å². The van der Waals surface area contributed by atoms with Crippen molar-refractivity contribution >= 4 is 0 Å². The van der Waals surface area contributed by atoms with E-state index >= 15 is 0 Å². The predicted octanol–water partition coefficient (Wildman–Crippen LogP) is 5.48. The Balaban J connectivity index is 1.21. The molecule has 3 nitrogen and oxygen atoms in total. The smallest absolute Gasteiger partial charge is 0.108 e. The summed E-state index contributed by atoms with van der Waals surface area (Å²) in [7, 11) is 0. The van der Waals surface area contributed by atoms with Gasteiger partial charge in [0.1, 0.15) is 6.10 Å². The standard InChI is InChI=1S/C29H36N2O/c1-4-12-25(13-5-1)14-10-20-30-24-28-19-11-21-31(28)22-23-32-29(26-15-6-2-7-16-26)27-17-8-3-9-18-27/h1-9,12-13,15-18,28-30H,10-11,14,19-24H2/t28-/m0/s1. The van der Waals surface area contributed by atoms with Crippen LogP contribution in [0.5, 0.6) is 0 Å². The van der Waals surface area contributed by atoms with Crippen LogP contribution in [0.4, 0.5) is 0 Å². The molecule has 3 aromatic carbocycles. The van der Waals surface area contributed by atoms with E-state index in [1.54, 1.807) is 0 Å². The fourth-order valence-electron chi connectivity index (χ4n) is 4.68. The minimum Gasteiger partial charge on any atom is -0.367 e. The molecule has 1 heterocycles. The molecule has 0 aliphatic carbocycles. The fourth-order valence-corrected chi connectivity index (χ4v) is 4.68. The summed E-state index contributed by atoms with van der Waals surface area (Å²) in [5.41, 5.74) is 3.87. The van der Waals surface area contributed by atoms with E-state index in [9.17, 15) is 0 Å². The first-order valence-corrected chi connectivity index (χ1v) is 12.1. The van der Waals surface area contributed by atoms with Gasteiger partial charge < -0.3 is 10.1 Å². The zero-order chi connectivity index (χ0) is 21.8. The van der Waals surface area contributed by atoms with Gasteiger partial charge in [-0.25, -0.2) is 0 Å². The Kier molecular flexibility index (Phi) is 8.91. The molecular weight excluding hydrogens is 392 g/mol. The molecule has 0 aromatic heterocycles. The Morgan fingerprint density at radius 3 is 2.12 bits per heavy atom. The van der Waals surface area contributed by atoms with Crippen LogP contribution in [0, 0.1) is 0 Å². The zero-order valence-corrected chi connectivity index (χ0v) is 19.0. The van der Waals surface area contributed by atoms with Gasteiger partial charge in [0, 0.05) is 19.1 Å². The molecule has 0 radical (unpaired) electrons. The van der Waals surface area contributed by atoms with Crippen LogP contribution >= 0.6 is 0 Å². The Bertz CT molecular complexity index is 845. The Morgan fingerprint density at radius 1 is 0.844 bits per heavy atom. The van der Waals surface area contributed by atoms with Crippen molar-refractivity contribution in [3.8, 4) is 0 Å². The van der Waals surface area contributed by atoms with Gasteiger partial charge in [-0.2, -0.15) is 0 Å². The summed E-state index contributed by atoms with van der Waals surface area (Å²) in [5.74, 6) is 0. The van der Waals surface area contributed by atoms with Gasteiger partial charge in [0.25, 0.3) is 0 Å². The normalized spacial score (nSPS) is 16.6. The molecule has 0 saturated carbocycles. The average Bonchev–Trinajstić information content (AvgIpc) is 3.30. The Labute approximate surface area is 193 Å². The highest BCUT2D eigenvalue weighted by Gasteiger charge is 2.24. The van der Waals surface area contributed by atoms with Crippen LogP contribution in [0.3, 0.4) is 0 Å². The Hall–Kier alpha value is -2.46. The van der Waals surface area contributed by atoms with Crippen LogP contribution < -0.4 is 5.32 Å².